The highest BCUT2D eigenvalue weighted by molar-refractivity contribution is 5.84. The molecule has 0 saturated carbocycles. The first kappa shape index (κ1) is 7.48. The topological polar surface area (TPSA) is 29.1 Å². The summed E-state index contributed by atoms with van der Waals surface area (Å²) in [5.74, 6) is 0.339. The fourth-order valence-corrected chi connectivity index (χ4v) is 1.21. The molecule has 2 heteroatoms. The Labute approximate surface area is 61.3 Å². The van der Waals surface area contributed by atoms with E-state index in [0.717, 1.165) is 25.8 Å². The number of piperidine rings is 1. The number of carbonyl (C=O) groups is 1. The van der Waals surface area contributed by atoms with Gasteiger partial charge in [-0.1, -0.05) is 6.08 Å². The van der Waals surface area contributed by atoms with Crippen molar-refractivity contribution in [1.29, 1.82) is 0 Å². The SMILES string of the molecule is C=CCC1NCCCC1=O. The summed E-state index contributed by atoms with van der Waals surface area (Å²) in [6, 6.07) is 0.0613. The minimum absolute atomic E-state index is 0.0613. The molecule has 10 heavy (non-hydrogen) atoms. The number of Topliss-reactive ketones (excluding diaryl/α,β-unsaturated/α-hetero) is 1. The van der Waals surface area contributed by atoms with Gasteiger partial charge in [-0.3, -0.25) is 4.79 Å². The lowest BCUT2D eigenvalue weighted by atomic mass is 10.0. The van der Waals surface area contributed by atoms with Crippen LogP contribution < -0.4 is 5.32 Å². The molecule has 0 spiro atoms. The van der Waals surface area contributed by atoms with Gasteiger partial charge in [-0.15, -0.1) is 6.58 Å². The van der Waals surface area contributed by atoms with E-state index in [2.05, 4.69) is 11.9 Å². The van der Waals surface area contributed by atoms with Crippen LogP contribution in [0.4, 0.5) is 0 Å². The van der Waals surface area contributed by atoms with Gasteiger partial charge in [-0.25, -0.2) is 0 Å². The molecule has 56 valence electrons. The third-order valence-corrected chi connectivity index (χ3v) is 1.78. The molecule has 1 aliphatic rings. The van der Waals surface area contributed by atoms with Crippen molar-refractivity contribution in [1.82, 2.24) is 5.32 Å². The van der Waals surface area contributed by atoms with Crippen molar-refractivity contribution >= 4 is 5.78 Å². The first-order valence-electron chi connectivity index (χ1n) is 3.71. The molecule has 0 aromatic carbocycles. The third-order valence-electron chi connectivity index (χ3n) is 1.78. The van der Waals surface area contributed by atoms with Gasteiger partial charge in [-0.2, -0.15) is 0 Å². The summed E-state index contributed by atoms with van der Waals surface area (Å²) in [4.78, 5) is 11.1. The Morgan fingerprint density at radius 3 is 3.20 bits per heavy atom. The second-order valence-electron chi connectivity index (χ2n) is 2.60. The fourth-order valence-electron chi connectivity index (χ4n) is 1.21. The summed E-state index contributed by atoms with van der Waals surface area (Å²) >= 11 is 0. The van der Waals surface area contributed by atoms with Gasteiger partial charge in [0.15, 0.2) is 0 Å². The van der Waals surface area contributed by atoms with Crippen LogP contribution in [0.1, 0.15) is 19.3 Å². The van der Waals surface area contributed by atoms with Crippen LogP contribution in [0.5, 0.6) is 0 Å². The van der Waals surface area contributed by atoms with Crippen LogP contribution in [-0.4, -0.2) is 18.4 Å². The molecule has 0 amide bonds. The molecule has 0 aromatic rings. The van der Waals surface area contributed by atoms with Gasteiger partial charge in [0.2, 0.25) is 0 Å². The number of hydrogen-bond donors (Lipinski definition) is 1. The van der Waals surface area contributed by atoms with Crippen LogP contribution in [0.3, 0.4) is 0 Å². The molecule has 1 unspecified atom stereocenters. The maximum absolute atomic E-state index is 11.1. The first-order chi connectivity index (χ1) is 4.84. The highest BCUT2D eigenvalue weighted by atomic mass is 16.1. The van der Waals surface area contributed by atoms with Gasteiger partial charge in [0.05, 0.1) is 6.04 Å². The predicted octanol–water partition coefficient (Wildman–Crippen LogP) is 0.884. The zero-order chi connectivity index (χ0) is 7.40. The van der Waals surface area contributed by atoms with Crippen molar-refractivity contribution in [2.24, 2.45) is 0 Å². The highest BCUT2D eigenvalue weighted by Gasteiger charge is 2.19. The maximum Gasteiger partial charge on any atom is 0.150 e. The van der Waals surface area contributed by atoms with Crippen molar-refractivity contribution < 1.29 is 4.79 Å². The van der Waals surface area contributed by atoms with Crippen LogP contribution >= 0.6 is 0 Å². The van der Waals surface area contributed by atoms with E-state index in [1.54, 1.807) is 6.08 Å². The molecular weight excluding hydrogens is 126 g/mol. The Bertz CT molecular complexity index is 142. The number of hydrogen-bond acceptors (Lipinski definition) is 2. The third kappa shape index (κ3) is 1.67. The van der Waals surface area contributed by atoms with E-state index in [1.807, 2.05) is 0 Å². The van der Waals surface area contributed by atoms with Gasteiger partial charge in [-0.05, 0) is 19.4 Å². The van der Waals surface area contributed by atoms with E-state index >= 15 is 0 Å². The van der Waals surface area contributed by atoms with Crippen LogP contribution in [0, 0.1) is 0 Å². The van der Waals surface area contributed by atoms with Gasteiger partial charge < -0.3 is 5.32 Å². The average molecular weight is 139 g/mol. The molecule has 1 heterocycles. The lowest BCUT2D eigenvalue weighted by molar-refractivity contribution is -0.122. The molecule has 0 bridgehead atoms. The van der Waals surface area contributed by atoms with Crippen LogP contribution in [0.2, 0.25) is 0 Å². The van der Waals surface area contributed by atoms with E-state index in [-0.39, 0.29) is 6.04 Å². The monoisotopic (exact) mass is 139 g/mol. The number of carbonyl (C=O) groups excluding carboxylic acids is 1. The first-order valence-corrected chi connectivity index (χ1v) is 3.71. The molecule has 1 atom stereocenters. The lowest BCUT2D eigenvalue weighted by Gasteiger charge is -2.20. The van der Waals surface area contributed by atoms with E-state index < -0.39 is 0 Å². The molecule has 1 saturated heterocycles. The smallest absolute Gasteiger partial charge is 0.150 e. The Morgan fingerprint density at radius 1 is 1.80 bits per heavy atom. The van der Waals surface area contributed by atoms with Crippen molar-refractivity contribution in [3.63, 3.8) is 0 Å². The van der Waals surface area contributed by atoms with E-state index in [1.165, 1.54) is 0 Å². The van der Waals surface area contributed by atoms with E-state index in [9.17, 15) is 4.79 Å². The van der Waals surface area contributed by atoms with Crippen LogP contribution in [0.15, 0.2) is 12.7 Å². The molecule has 1 rings (SSSR count). The zero-order valence-corrected chi connectivity index (χ0v) is 6.10. The fraction of sp³-hybridized carbons (Fsp3) is 0.625. The standard InChI is InChI=1S/C8H13NO/c1-2-4-7-8(10)5-3-6-9-7/h2,7,9H,1,3-6H2. The minimum Gasteiger partial charge on any atom is -0.307 e. The predicted molar refractivity (Wildman–Crippen MR) is 40.8 cm³/mol. The lowest BCUT2D eigenvalue weighted by Crippen LogP contribution is -2.41. The average Bonchev–Trinajstić information content (AvgIpc) is 1.94. The van der Waals surface area contributed by atoms with E-state index in [0.29, 0.717) is 5.78 Å². The van der Waals surface area contributed by atoms with Gasteiger partial charge in [0.1, 0.15) is 5.78 Å². The Balaban J connectivity index is 2.39. The number of nitrogens with one attached hydrogen (secondary N) is 1. The molecular formula is C8H13NO. The highest BCUT2D eigenvalue weighted by Crippen LogP contribution is 2.05. The molecule has 2 nitrogen and oxygen atoms in total. The largest absolute Gasteiger partial charge is 0.307 e. The summed E-state index contributed by atoms with van der Waals surface area (Å²) in [7, 11) is 0. The quantitative estimate of drug-likeness (QED) is 0.575. The zero-order valence-electron chi connectivity index (χ0n) is 6.10. The summed E-state index contributed by atoms with van der Waals surface area (Å²) in [6.45, 7) is 4.57. The second-order valence-corrected chi connectivity index (χ2v) is 2.60. The Morgan fingerprint density at radius 2 is 2.60 bits per heavy atom. The number of rotatable bonds is 2. The van der Waals surface area contributed by atoms with Crippen molar-refractivity contribution in [2.45, 2.75) is 25.3 Å². The van der Waals surface area contributed by atoms with E-state index in [4.69, 9.17) is 0 Å². The molecule has 0 aliphatic carbocycles. The summed E-state index contributed by atoms with van der Waals surface area (Å²) in [6.07, 6.45) is 4.30. The Hall–Kier alpha value is -0.630. The second kappa shape index (κ2) is 3.52. The minimum atomic E-state index is 0.0613. The Kier molecular flexibility index (Phi) is 2.63. The maximum atomic E-state index is 11.1. The van der Waals surface area contributed by atoms with Crippen LogP contribution in [0.25, 0.3) is 0 Å². The van der Waals surface area contributed by atoms with Crippen molar-refractivity contribution in [3.8, 4) is 0 Å². The van der Waals surface area contributed by atoms with Crippen LogP contribution in [-0.2, 0) is 4.79 Å². The van der Waals surface area contributed by atoms with Gasteiger partial charge >= 0.3 is 0 Å². The molecule has 1 aliphatic heterocycles. The molecule has 1 fully saturated rings. The molecule has 0 radical (unpaired) electrons. The summed E-state index contributed by atoms with van der Waals surface area (Å²) in [5, 5.41) is 3.15. The summed E-state index contributed by atoms with van der Waals surface area (Å²) in [5.41, 5.74) is 0. The van der Waals surface area contributed by atoms with Gasteiger partial charge in [0, 0.05) is 6.42 Å². The molecule has 1 N–H and O–H groups in total. The normalized spacial score (nSPS) is 26.4. The number of ketones is 1. The van der Waals surface area contributed by atoms with Crippen molar-refractivity contribution in [2.75, 3.05) is 6.54 Å². The van der Waals surface area contributed by atoms with Crippen molar-refractivity contribution in [3.05, 3.63) is 12.7 Å². The molecule has 0 aromatic heterocycles. The summed E-state index contributed by atoms with van der Waals surface area (Å²) < 4.78 is 0. The van der Waals surface area contributed by atoms with Gasteiger partial charge in [0.25, 0.3) is 0 Å².